The van der Waals surface area contributed by atoms with Crippen molar-refractivity contribution in [2.24, 2.45) is 16.7 Å². The molecule has 0 spiro atoms. The fourth-order valence-electron chi connectivity index (χ4n) is 5.00. The molecule has 3 atom stereocenters. The summed E-state index contributed by atoms with van der Waals surface area (Å²) in [5.74, 6) is 0.735. The summed E-state index contributed by atoms with van der Waals surface area (Å²) >= 11 is 0. The van der Waals surface area contributed by atoms with Crippen LogP contribution in [0.25, 0.3) is 0 Å². The van der Waals surface area contributed by atoms with Crippen molar-refractivity contribution in [3.05, 3.63) is 30.3 Å². The monoisotopic (exact) mass is 388 g/mol. The predicted molar refractivity (Wildman–Crippen MR) is 108 cm³/mol. The highest BCUT2D eigenvalue weighted by Gasteiger charge is 2.62. The van der Waals surface area contributed by atoms with Gasteiger partial charge in [0, 0.05) is 5.41 Å². The summed E-state index contributed by atoms with van der Waals surface area (Å²) in [5, 5.41) is 0. The van der Waals surface area contributed by atoms with Crippen LogP contribution >= 0.6 is 0 Å². The van der Waals surface area contributed by atoms with Crippen LogP contribution in [0.2, 0.25) is 0 Å². The van der Waals surface area contributed by atoms with Crippen molar-refractivity contribution < 1.29 is 23.5 Å². The molecular formula is C23H34NO4+. The number of para-hydroxylation sites is 1. The number of benzene rings is 1. The van der Waals surface area contributed by atoms with E-state index in [2.05, 4.69) is 20.8 Å². The Morgan fingerprint density at radius 1 is 1.11 bits per heavy atom. The maximum absolute atomic E-state index is 12.5. The molecule has 2 aliphatic rings. The Bertz CT molecular complexity index is 727. The molecular weight excluding hydrogens is 354 g/mol. The zero-order chi connectivity index (χ0) is 20.6. The lowest BCUT2D eigenvalue weighted by molar-refractivity contribution is -0.882. The average molecular weight is 389 g/mol. The largest absolute Gasteiger partial charge is 0.462 e. The van der Waals surface area contributed by atoms with Crippen LogP contribution in [0.4, 0.5) is 0 Å². The maximum atomic E-state index is 12.5. The molecule has 3 rings (SSSR count). The number of hydrogen-bond acceptors (Lipinski definition) is 4. The summed E-state index contributed by atoms with van der Waals surface area (Å²) < 4.78 is 11.7. The van der Waals surface area contributed by atoms with Gasteiger partial charge in [0.15, 0.2) is 6.54 Å². The van der Waals surface area contributed by atoms with Crippen LogP contribution in [-0.4, -0.2) is 49.7 Å². The molecule has 0 N–H and O–H groups in total. The molecule has 154 valence electrons. The van der Waals surface area contributed by atoms with E-state index < -0.39 is 0 Å². The minimum atomic E-state index is -0.299. The van der Waals surface area contributed by atoms with E-state index in [4.69, 9.17) is 9.47 Å². The normalized spacial score (nSPS) is 28.2. The highest BCUT2D eigenvalue weighted by Crippen LogP contribution is 2.66. The van der Waals surface area contributed by atoms with Gasteiger partial charge in [0.1, 0.15) is 11.9 Å². The average Bonchev–Trinajstić information content (AvgIpc) is 2.94. The Kier molecular flexibility index (Phi) is 5.59. The molecule has 5 heteroatoms. The highest BCUT2D eigenvalue weighted by molar-refractivity contribution is 5.73. The molecule has 2 bridgehead atoms. The van der Waals surface area contributed by atoms with Gasteiger partial charge >= 0.3 is 11.9 Å². The number of esters is 2. The minimum Gasteiger partial charge on any atom is -0.462 e. The molecule has 0 heterocycles. The molecule has 0 unspecified atom stereocenters. The molecule has 28 heavy (non-hydrogen) atoms. The lowest BCUT2D eigenvalue weighted by Crippen LogP contribution is -2.46. The van der Waals surface area contributed by atoms with Crippen molar-refractivity contribution in [2.45, 2.75) is 52.6 Å². The van der Waals surface area contributed by atoms with E-state index in [-0.39, 0.29) is 35.4 Å². The predicted octanol–water partition coefficient (Wildman–Crippen LogP) is 3.82. The van der Waals surface area contributed by atoms with Gasteiger partial charge in [-0.2, -0.15) is 0 Å². The van der Waals surface area contributed by atoms with Crippen molar-refractivity contribution in [1.82, 2.24) is 0 Å². The van der Waals surface area contributed by atoms with Crippen molar-refractivity contribution in [3.63, 3.8) is 0 Å². The Morgan fingerprint density at radius 3 is 2.36 bits per heavy atom. The summed E-state index contributed by atoms with van der Waals surface area (Å²) in [6.45, 7) is 7.66. The number of nitrogens with zero attached hydrogens (tertiary/aromatic N) is 1. The fraction of sp³-hybridized carbons (Fsp3) is 0.652. The zero-order valence-corrected chi connectivity index (χ0v) is 17.9. The second-order valence-corrected chi connectivity index (χ2v) is 9.94. The lowest BCUT2D eigenvalue weighted by atomic mass is 9.70. The zero-order valence-electron chi connectivity index (χ0n) is 17.9. The van der Waals surface area contributed by atoms with Crippen LogP contribution < -0.4 is 4.74 Å². The van der Waals surface area contributed by atoms with Crippen molar-refractivity contribution in [2.75, 3.05) is 27.2 Å². The number of rotatable bonds is 7. The summed E-state index contributed by atoms with van der Waals surface area (Å²) in [7, 11) is 3.86. The number of ether oxygens (including phenoxy) is 2. The van der Waals surface area contributed by atoms with Crippen molar-refractivity contribution in [3.8, 4) is 5.75 Å². The third-order valence-electron chi connectivity index (χ3n) is 7.44. The molecule has 0 radical (unpaired) electrons. The third kappa shape index (κ3) is 4.09. The number of carbonyl (C=O) groups is 2. The van der Waals surface area contributed by atoms with E-state index in [0.717, 1.165) is 12.8 Å². The summed E-state index contributed by atoms with van der Waals surface area (Å²) in [4.78, 5) is 24.7. The smallest absolute Gasteiger partial charge is 0.367 e. The maximum Gasteiger partial charge on any atom is 0.367 e. The topological polar surface area (TPSA) is 52.6 Å². The number of hydrogen-bond donors (Lipinski definition) is 0. The van der Waals surface area contributed by atoms with Gasteiger partial charge in [-0.3, -0.25) is 4.79 Å². The van der Waals surface area contributed by atoms with E-state index >= 15 is 0 Å². The van der Waals surface area contributed by atoms with E-state index in [1.165, 1.54) is 6.42 Å². The molecule has 1 aromatic rings. The van der Waals surface area contributed by atoms with Crippen LogP contribution in [-0.2, 0) is 14.3 Å². The van der Waals surface area contributed by atoms with Gasteiger partial charge < -0.3 is 14.0 Å². The molecule has 1 aromatic carbocycles. The SMILES string of the molecule is CC1(C)[C@H]2CC[C@@]1(C)[C@H](OC(=O)CC[N+](C)(C)CC(=O)Oc1ccccc1)C2. The Balaban J connectivity index is 1.47. The molecule has 5 nitrogen and oxygen atoms in total. The van der Waals surface area contributed by atoms with Crippen LogP contribution in [0.15, 0.2) is 30.3 Å². The molecule has 2 saturated carbocycles. The summed E-state index contributed by atoms with van der Waals surface area (Å²) in [6.07, 6.45) is 3.69. The number of likely N-dealkylation sites (N-methyl/N-ethyl adjacent to an activating group) is 1. The fourth-order valence-corrected chi connectivity index (χ4v) is 5.00. The first-order valence-electron chi connectivity index (χ1n) is 10.3. The van der Waals surface area contributed by atoms with Gasteiger partial charge in [0.05, 0.1) is 27.1 Å². The second kappa shape index (κ2) is 7.51. The van der Waals surface area contributed by atoms with Crippen LogP contribution in [0.5, 0.6) is 5.75 Å². The van der Waals surface area contributed by atoms with E-state index in [9.17, 15) is 9.59 Å². The van der Waals surface area contributed by atoms with Gasteiger partial charge in [-0.05, 0) is 42.7 Å². The molecule has 0 amide bonds. The quantitative estimate of drug-likeness (QED) is 0.405. The Labute approximate surface area is 168 Å². The van der Waals surface area contributed by atoms with E-state index in [0.29, 0.717) is 29.1 Å². The van der Waals surface area contributed by atoms with Gasteiger partial charge in [0.25, 0.3) is 0 Å². The van der Waals surface area contributed by atoms with E-state index in [1.807, 2.05) is 32.3 Å². The van der Waals surface area contributed by atoms with E-state index in [1.54, 1.807) is 12.1 Å². The highest BCUT2D eigenvalue weighted by atomic mass is 16.5. The Hall–Kier alpha value is -1.88. The second-order valence-electron chi connectivity index (χ2n) is 9.94. The van der Waals surface area contributed by atoms with Crippen LogP contribution in [0.1, 0.15) is 46.5 Å². The standard InChI is InChI=1S/C23H34NO4/c1-22(2)17-11-13-23(22,3)19(15-17)28-20(25)12-14-24(4,5)16-21(26)27-18-9-7-6-8-10-18/h6-10,17,19H,11-16H2,1-5H3/q+1/t17-,19+,23-/m0/s1. The van der Waals surface area contributed by atoms with Crippen molar-refractivity contribution in [1.29, 1.82) is 0 Å². The van der Waals surface area contributed by atoms with Crippen molar-refractivity contribution >= 4 is 11.9 Å². The number of fused-ring (bicyclic) bond motifs is 2. The molecule has 0 aromatic heterocycles. The van der Waals surface area contributed by atoms with Crippen LogP contribution in [0, 0.1) is 16.7 Å². The lowest BCUT2D eigenvalue weighted by Gasteiger charge is -2.38. The summed E-state index contributed by atoms with van der Waals surface area (Å²) in [6, 6.07) is 9.05. The molecule has 2 fully saturated rings. The summed E-state index contributed by atoms with van der Waals surface area (Å²) in [5.41, 5.74) is 0.311. The Morgan fingerprint density at radius 2 is 1.79 bits per heavy atom. The van der Waals surface area contributed by atoms with Gasteiger partial charge in [-0.15, -0.1) is 0 Å². The molecule has 2 aliphatic carbocycles. The van der Waals surface area contributed by atoms with Gasteiger partial charge in [0.2, 0.25) is 0 Å². The van der Waals surface area contributed by atoms with Gasteiger partial charge in [-0.25, -0.2) is 4.79 Å². The van der Waals surface area contributed by atoms with Gasteiger partial charge in [-0.1, -0.05) is 39.0 Å². The number of carbonyl (C=O) groups excluding carboxylic acids is 2. The van der Waals surface area contributed by atoms with Crippen LogP contribution in [0.3, 0.4) is 0 Å². The first kappa shape index (κ1) is 20.8. The minimum absolute atomic E-state index is 0.0207. The number of quaternary nitrogens is 1. The third-order valence-corrected chi connectivity index (χ3v) is 7.44. The first-order chi connectivity index (χ1) is 13.0. The first-order valence-corrected chi connectivity index (χ1v) is 10.3. The molecule has 0 saturated heterocycles. The molecule has 0 aliphatic heterocycles.